The monoisotopic (exact) mass is 656 g/mol. The molecule has 0 fully saturated rings. The summed E-state index contributed by atoms with van der Waals surface area (Å²) in [6.45, 7) is 0.800. The average molecular weight is 657 g/mol. The number of ether oxygens (including phenoxy) is 1. The number of nitrogen functional groups attached to an aromatic ring is 1. The Morgan fingerprint density at radius 3 is 2.46 bits per heavy atom. The normalized spacial score (nSPS) is 14.5. The zero-order valence-corrected chi connectivity index (χ0v) is 25.3. The Hall–Kier alpha value is -4.82. The molecule has 242 valence electrons. The molecular formula is C32H32F4N6O3S. The van der Waals surface area contributed by atoms with Gasteiger partial charge in [0.2, 0.25) is 5.91 Å². The zero-order valence-electron chi connectivity index (χ0n) is 24.5. The number of nitrogens with one attached hydrogen (secondary N) is 2. The van der Waals surface area contributed by atoms with Crippen LogP contribution in [0.3, 0.4) is 0 Å². The Balaban J connectivity index is 1.53. The number of hydrogen-bond acceptors (Lipinski definition) is 8. The standard InChI is InChI=1S/C32H32F4N6O3S/c33-23-17-24(34)30(36)31(29(23)35)46-19-22-8-10-26(45-16-13-20-5-2-1-3-6-20)25(9-11-27(37)43)42(22)15-4-14-39-32(44)21-7-12-28(41-38)40-18-21/h1-3,5-12,17-18,22H,4,13-16,19,38H2,(H2,37,43)(H,39,44)(H,40,41). The van der Waals surface area contributed by atoms with E-state index in [1.54, 1.807) is 24.3 Å². The molecule has 1 atom stereocenters. The van der Waals surface area contributed by atoms with Crippen LogP contribution in [-0.4, -0.2) is 53.2 Å². The van der Waals surface area contributed by atoms with Crippen molar-refractivity contribution in [2.24, 2.45) is 11.6 Å². The lowest BCUT2D eigenvalue weighted by Crippen LogP contribution is -2.39. The second-order valence-electron chi connectivity index (χ2n) is 9.98. The second-order valence-corrected chi connectivity index (χ2v) is 11.0. The van der Waals surface area contributed by atoms with Gasteiger partial charge in [-0.25, -0.2) is 28.4 Å². The second kappa shape index (κ2) is 16.5. The molecule has 46 heavy (non-hydrogen) atoms. The van der Waals surface area contributed by atoms with Crippen molar-refractivity contribution in [1.29, 1.82) is 0 Å². The van der Waals surface area contributed by atoms with Gasteiger partial charge in [-0.15, -0.1) is 11.8 Å². The maximum Gasteiger partial charge on any atom is 0.252 e. The van der Waals surface area contributed by atoms with Gasteiger partial charge in [0.25, 0.3) is 5.91 Å². The van der Waals surface area contributed by atoms with Gasteiger partial charge in [0.15, 0.2) is 23.3 Å². The van der Waals surface area contributed by atoms with Gasteiger partial charge in [0.1, 0.15) is 11.6 Å². The molecule has 1 aliphatic rings. The van der Waals surface area contributed by atoms with E-state index in [-0.39, 0.29) is 30.8 Å². The number of benzene rings is 2. The summed E-state index contributed by atoms with van der Waals surface area (Å²) in [6.07, 6.45) is 8.38. The van der Waals surface area contributed by atoms with Gasteiger partial charge in [0.05, 0.1) is 28.8 Å². The third kappa shape index (κ3) is 9.11. The number of nitrogens with two attached hydrogens (primary N) is 2. The molecule has 4 rings (SSSR count). The summed E-state index contributed by atoms with van der Waals surface area (Å²) in [5.74, 6) is -0.978. The van der Waals surface area contributed by atoms with Gasteiger partial charge in [-0.05, 0) is 36.3 Å². The van der Waals surface area contributed by atoms with E-state index in [2.05, 4.69) is 15.7 Å². The predicted octanol–water partition coefficient (Wildman–Crippen LogP) is 4.59. The Labute approximate surface area is 267 Å². The van der Waals surface area contributed by atoms with E-state index >= 15 is 0 Å². The first-order chi connectivity index (χ1) is 22.2. The lowest BCUT2D eigenvalue weighted by Gasteiger charge is -2.36. The van der Waals surface area contributed by atoms with Crippen molar-refractivity contribution in [2.75, 3.05) is 30.9 Å². The summed E-state index contributed by atoms with van der Waals surface area (Å²) in [4.78, 5) is 29.4. The summed E-state index contributed by atoms with van der Waals surface area (Å²) in [5, 5.41) is 2.80. The number of rotatable bonds is 15. The molecule has 6 N–H and O–H groups in total. The number of allylic oxidation sites excluding steroid dienone is 2. The minimum Gasteiger partial charge on any atom is -0.491 e. The van der Waals surface area contributed by atoms with Crippen LogP contribution < -0.4 is 22.3 Å². The Kier molecular flexibility index (Phi) is 12.2. The third-order valence-corrected chi connectivity index (χ3v) is 7.99. The molecule has 0 spiro atoms. The minimum absolute atomic E-state index is 0.0298. The van der Waals surface area contributed by atoms with Crippen LogP contribution in [0.4, 0.5) is 23.4 Å². The highest BCUT2D eigenvalue weighted by molar-refractivity contribution is 7.99. The molecule has 1 aliphatic heterocycles. The summed E-state index contributed by atoms with van der Waals surface area (Å²) in [6, 6.07) is 12.4. The zero-order chi connectivity index (χ0) is 33.1. The molecule has 0 bridgehead atoms. The van der Waals surface area contributed by atoms with Crippen LogP contribution in [0, 0.1) is 23.3 Å². The van der Waals surface area contributed by atoms with Crippen LogP contribution >= 0.6 is 11.8 Å². The molecule has 9 nitrogen and oxygen atoms in total. The predicted molar refractivity (Wildman–Crippen MR) is 167 cm³/mol. The first-order valence-corrected chi connectivity index (χ1v) is 15.2. The lowest BCUT2D eigenvalue weighted by molar-refractivity contribution is -0.113. The highest BCUT2D eigenvalue weighted by atomic mass is 32.2. The number of halogens is 4. The smallest absolute Gasteiger partial charge is 0.252 e. The summed E-state index contributed by atoms with van der Waals surface area (Å²) in [5.41, 5.74) is 9.59. The molecular weight excluding hydrogens is 624 g/mol. The molecule has 1 unspecified atom stereocenters. The average Bonchev–Trinajstić information content (AvgIpc) is 3.06. The topological polar surface area (TPSA) is 136 Å². The summed E-state index contributed by atoms with van der Waals surface area (Å²) in [7, 11) is 0. The number of carbonyl (C=O) groups excluding carboxylic acids is 2. The van der Waals surface area contributed by atoms with Crippen molar-refractivity contribution < 1.29 is 31.9 Å². The molecule has 2 amide bonds. The van der Waals surface area contributed by atoms with Crippen molar-refractivity contribution in [3.63, 3.8) is 0 Å². The quantitative estimate of drug-likeness (QED) is 0.0355. The molecule has 1 aromatic heterocycles. The fourth-order valence-electron chi connectivity index (χ4n) is 4.54. The molecule has 0 saturated heterocycles. The van der Waals surface area contributed by atoms with Crippen LogP contribution in [0.1, 0.15) is 22.3 Å². The molecule has 2 aromatic carbocycles. The van der Waals surface area contributed by atoms with Crippen molar-refractivity contribution in [2.45, 2.75) is 23.8 Å². The number of amides is 2. The highest BCUT2D eigenvalue weighted by Gasteiger charge is 2.27. The van der Waals surface area contributed by atoms with Gasteiger partial charge < -0.3 is 26.1 Å². The highest BCUT2D eigenvalue weighted by Crippen LogP contribution is 2.33. The number of hydrazine groups is 1. The Bertz CT molecular complexity index is 1590. The largest absolute Gasteiger partial charge is 0.491 e. The number of primary amides is 1. The van der Waals surface area contributed by atoms with Gasteiger partial charge in [-0.2, -0.15) is 0 Å². The van der Waals surface area contributed by atoms with Gasteiger partial charge >= 0.3 is 0 Å². The lowest BCUT2D eigenvalue weighted by atomic mass is 10.1. The van der Waals surface area contributed by atoms with Crippen molar-refractivity contribution >= 4 is 29.4 Å². The van der Waals surface area contributed by atoms with E-state index in [1.165, 1.54) is 12.3 Å². The summed E-state index contributed by atoms with van der Waals surface area (Å²) >= 11 is 0.607. The number of hydrogen-bond donors (Lipinski definition) is 4. The van der Waals surface area contributed by atoms with Crippen molar-refractivity contribution in [3.8, 4) is 0 Å². The Morgan fingerprint density at radius 2 is 1.80 bits per heavy atom. The van der Waals surface area contributed by atoms with Crippen LogP contribution in [0.5, 0.6) is 0 Å². The maximum atomic E-state index is 14.4. The first kappa shape index (κ1) is 34.1. The number of thioether (sulfide) groups is 1. The Morgan fingerprint density at radius 1 is 1.07 bits per heavy atom. The van der Waals surface area contributed by atoms with E-state index in [0.29, 0.717) is 54.0 Å². The van der Waals surface area contributed by atoms with Gasteiger partial charge in [-0.3, -0.25) is 9.59 Å². The third-order valence-electron chi connectivity index (χ3n) is 6.83. The first-order valence-electron chi connectivity index (χ1n) is 14.2. The van der Waals surface area contributed by atoms with E-state index in [9.17, 15) is 27.2 Å². The van der Waals surface area contributed by atoms with Crippen molar-refractivity contribution in [3.05, 3.63) is 125 Å². The molecule has 0 aliphatic carbocycles. The summed E-state index contributed by atoms with van der Waals surface area (Å²) < 4.78 is 62.8. The van der Waals surface area contributed by atoms with E-state index in [4.69, 9.17) is 16.3 Å². The van der Waals surface area contributed by atoms with E-state index < -0.39 is 40.1 Å². The molecule has 0 saturated carbocycles. The number of anilines is 1. The molecule has 14 heteroatoms. The fourth-order valence-corrected chi connectivity index (χ4v) is 5.61. The number of nitrogens with zero attached hydrogens (tertiary/aromatic N) is 2. The molecule has 0 radical (unpaired) electrons. The van der Waals surface area contributed by atoms with E-state index in [1.807, 2.05) is 35.2 Å². The van der Waals surface area contributed by atoms with Crippen LogP contribution in [0.15, 0.2) is 95.4 Å². The van der Waals surface area contributed by atoms with Crippen LogP contribution in [-0.2, 0) is 16.0 Å². The van der Waals surface area contributed by atoms with E-state index in [0.717, 1.165) is 11.6 Å². The van der Waals surface area contributed by atoms with Crippen LogP contribution in [0.25, 0.3) is 0 Å². The maximum absolute atomic E-state index is 14.4. The fraction of sp³-hybridized carbons (Fsp3) is 0.219. The van der Waals surface area contributed by atoms with Gasteiger partial charge in [-0.1, -0.05) is 36.4 Å². The van der Waals surface area contributed by atoms with Gasteiger partial charge in [0, 0.05) is 43.6 Å². The number of pyridine rings is 1. The number of aromatic nitrogens is 1. The number of carbonyl (C=O) groups is 2. The molecule has 2 heterocycles. The van der Waals surface area contributed by atoms with Crippen molar-refractivity contribution in [1.82, 2.24) is 15.2 Å². The molecule has 3 aromatic rings. The van der Waals surface area contributed by atoms with Crippen LogP contribution in [0.2, 0.25) is 0 Å². The minimum atomic E-state index is -1.50. The SMILES string of the molecule is NNc1ccc(C(=O)NCCCN2C(C=CC(N)=O)=C(OCCc3ccccc3)C=CC2CSc2c(F)c(F)cc(F)c2F)cn1.